The van der Waals surface area contributed by atoms with E-state index in [0.717, 1.165) is 0 Å². The Balaban J connectivity index is 1.13. The van der Waals surface area contributed by atoms with E-state index in [-0.39, 0.29) is 44.0 Å². The number of carboxylic acids is 1. The molecule has 10 heteroatoms. The molecule has 56 heavy (non-hydrogen) atoms. The molecule has 0 amide bonds. The maximum atomic E-state index is 12.8. The average molecular weight is 763 g/mol. The van der Waals surface area contributed by atoms with Gasteiger partial charge >= 0.3 is 23.9 Å². The van der Waals surface area contributed by atoms with Crippen LogP contribution in [-0.2, 0) is 33.4 Å². The molecular formula is C46H50O10. The number of esters is 3. The van der Waals surface area contributed by atoms with Crippen LogP contribution in [0.4, 0.5) is 0 Å². The molecule has 4 aromatic rings. The Kier molecular flexibility index (Phi) is 16.3. The largest absolute Gasteiger partial charge is 0.478 e. The standard InChI is InChI=1S/C46H50O10/c1-4-46(45(52)53,28-13-15-30-55-43(50)32(2)34-24-26-37(27-25-34)41(48)35-17-8-5-9-18-35)56-40(47)23-12-7-14-29-54-44(51)33(3)38-21-16-22-39(31-38)42(49)36-19-10-6-11-20-36/h5-6,8-11,16-22,24-27,31-33H,4,7,12-15,23,28-30H2,1-3H3,(H,52,53)/t32-,33+,46-/m1/s1. The van der Waals surface area contributed by atoms with E-state index in [1.165, 1.54) is 0 Å². The third-order valence-electron chi connectivity index (χ3n) is 9.86. The lowest BCUT2D eigenvalue weighted by Crippen LogP contribution is -2.43. The van der Waals surface area contributed by atoms with Gasteiger partial charge in [-0.15, -0.1) is 0 Å². The van der Waals surface area contributed by atoms with Gasteiger partial charge in [-0.2, -0.15) is 0 Å². The zero-order valence-electron chi connectivity index (χ0n) is 32.2. The van der Waals surface area contributed by atoms with E-state index < -0.39 is 41.3 Å². The number of carboxylic acid groups (broad SMARTS) is 1. The number of hydrogen-bond acceptors (Lipinski definition) is 9. The van der Waals surface area contributed by atoms with E-state index in [0.29, 0.717) is 65.5 Å². The minimum Gasteiger partial charge on any atom is -0.478 e. The summed E-state index contributed by atoms with van der Waals surface area (Å²) in [6, 6.07) is 31.6. The molecule has 0 unspecified atom stereocenters. The Hall–Kier alpha value is -5.90. The van der Waals surface area contributed by atoms with Gasteiger partial charge in [0.25, 0.3) is 0 Å². The first kappa shape index (κ1) is 42.8. The smallest absolute Gasteiger partial charge is 0.348 e. The molecule has 0 saturated heterocycles. The van der Waals surface area contributed by atoms with Crippen LogP contribution in [0.2, 0.25) is 0 Å². The number of rotatable bonds is 22. The third kappa shape index (κ3) is 12.1. The minimum absolute atomic E-state index is 0.0124. The molecule has 4 rings (SSSR count). The summed E-state index contributed by atoms with van der Waals surface area (Å²) in [6.45, 7) is 5.31. The molecule has 0 radical (unpaired) electrons. The van der Waals surface area contributed by atoms with Gasteiger partial charge in [0, 0.05) is 28.7 Å². The fourth-order valence-corrected chi connectivity index (χ4v) is 6.18. The Morgan fingerprint density at radius 3 is 1.62 bits per heavy atom. The van der Waals surface area contributed by atoms with Gasteiger partial charge in [0.1, 0.15) is 0 Å². The third-order valence-corrected chi connectivity index (χ3v) is 9.86. The number of hydrogen-bond donors (Lipinski definition) is 1. The van der Waals surface area contributed by atoms with Crippen LogP contribution in [0.1, 0.15) is 127 Å². The summed E-state index contributed by atoms with van der Waals surface area (Å²) >= 11 is 0. The molecule has 0 spiro atoms. The maximum absolute atomic E-state index is 12.8. The minimum atomic E-state index is -1.69. The summed E-state index contributed by atoms with van der Waals surface area (Å²) in [7, 11) is 0. The lowest BCUT2D eigenvalue weighted by Gasteiger charge is -2.28. The van der Waals surface area contributed by atoms with Crippen molar-refractivity contribution in [2.45, 2.75) is 89.6 Å². The number of unbranched alkanes of at least 4 members (excludes halogenated alkanes) is 3. The quantitative estimate of drug-likeness (QED) is 0.0357. The van der Waals surface area contributed by atoms with Crippen LogP contribution in [0.25, 0.3) is 0 Å². The zero-order valence-corrected chi connectivity index (χ0v) is 32.2. The van der Waals surface area contributed by atoms with E-state index in [4.69, 9.17) is 14.2 Å². The van der Waals surface area contributed by atoms with Gasteiger partial charge in [0.15, 0.2) is 11.6 Å². The molecular weight excluding hydrogens is 712 g/mol. The topological polar surface area (TPSA) is 150 Å². The van der Waals surface area contributed by atoms with Crippen molar-refractivity contribution in [3.8, 4) is 0 Å². The van der Waals surface area contributed by atoms with Crippen LogP contribution in [0, 0.1) is 0 Å². The Bertz CT molecular complexity index is 1940. The summed E-state index contributed by atoms with van der Waals surface area (Å²) in [5.41, 5.74) is 1.83. The first-order valence-electron chi connectivity index (χ1n) is 19.1. The molecule has 0 bridgehead atoms. The number of carbonyl (C=O) groups excluding carboxylic acids is 5. The molecule has 4 aromatic carbocycles. The predicted molar refractivity (Wildman–Crippen MR) is 210 cm³/mol. The van der Waals surface area contributed by atoms with E-state index >= 15 is 0 Å². The average Bonchev–Trinajstić information content (AvgIpc) is 3.23. The van der Waals surface area contributed by atoms with Crippen molar-refractivity contribution in [1.29, 1.82) is 0 Å². The van der Waals surface area contributed by atoms with Gasteiger partial charge in [0.2, 0.25) is 5.60 Å². The summed E-state index contributed by atoms with van der Waals surface area (Å²) in [5, 5.41) is 10.0. The molecule has 3 atom stereocenters. The molecule has 0 aromatic heterocycles. The summed E-state index contributed by atoms with van der Waals surface area (Å²) in [4.78, 5) is 75.9. The Morgan fingerprint density at radius 2 is 1.07 bits per heavy atom. The second-order valence-electron chi connectivity index (χ2n) is 13.8. The first-order chi connectivity index (χ1) is 27.0. The number of ether oxygens (including phenoxy) is 3. The molecule has 0 fully saturated rings. The Labute approximate surface area is 328 Å². The highest BCUT2D eigenvalue weighted by atomic mass is 16.6. The number of benzene rings is 4. The highest BCUT2D eigenvalue weighted by molar-refractivity contribution is 6.09. The second kappa shape index (κ2) is 21.3. The van der Waals surface area contributed by atoms with E-state index in [1.807, 2.05) is 12.1 Å². The normalized spacial score (nSPS) is 13.1. The zero-order chi connectivity index (χ0) is 40.5. The highest BCUT2D eigenvalue weighted by Gasteiger charge is 2.40. The van der Waals surface area contributed by atoms with Crippen molar-refractivity contribution >= 4 is 35.4 Å². The van der Waals surface area contributed by atoms with E-state index in [2.05, 4.69) is 0 Å². The lowest BCUT2D eigenvalue weighted by atomic mass is 9.93. The predicted octanol–water partition coefficient (Wildman–Crippen LogP) is 8.65. The van der Waals surface area contributed by atoms with Crippen molar-refractivity contribution in [2.75, 3.05) is 13.2 Å². The fraction of sp³-hybridized carbons (Fsp3) is 0.348. The van der Waals surface area contributed by atoms with Crippen molar-refractivity contribution in [3.05, 3.63) is 143 Å². The molecule has 1 N–H and O–H groups in total. The van der Waals surface area contributed by atoms with Crippen molar-refractivity contribution < 1.29 is 48.1 Å². The van der Waals surface area contributed by atoms with Crippen molar-refractivity contribution in [3.63, 3.8) is 0 Å². The Morgan fingerprint density at radius 1 is 0.571 bits per heavy atom. The van der Waals surface area contributed by atoms with Gasteiger partial charge < -0.3 is 19.3 Å². The van der Waals surface area contributed by atoms with Gasteiger partial charge in [-0.05, 0) is 76.0 Å². The molecule has 0 saturated carbocycles. The van der Waals surface area contributed by atoms with Gasteiger partial charge in [-0.3, -0.25) is 24.0 Å². The van der Waals surface area contributed by atoms with Crippen LogP contribution in [0.5, 0.6) is 0 Å². The number of ketones is 2. The molecule has 0 aliphatic heterocycles. The SMILES string of the molecule is CC[C@](CCCCOC(=O)[C@H](C)c1ccc(C(=O)c2ccccc2)cc1)(OC(=O)CCCCCOC(=O)[C@@H](C)c1cccc(C(=O)c2ccccc2)c1)C(=O)O. The molecule has 0 aliphatic rings. The van der Waals surface area contributed by atoms with Crippen LogP contribution < -0.4 is 0 Å². The van der Waals surface area contributed by atoms with Crippen molar-refractivity contribution in [2.24, 2.45) is 0 Å². The van der Waals surface area contributed by atoms with Crippen LogP contribution in [-0.4, -0.2) is 59.4 Å². The summed E-state index contributed by atoms with van der Waals surface area (Å²) < 4.78 is 16.4. The lowest BCUT2D eigenvalue weighted by molar-refractivity contribution is -0.180. The molecule has 10 nitrogen and oxygen atoms in total. The van der Waals surface area contributed by atoms with Crippen LogP contribution in [0.15, 0.2) is 109 Å². The summed E-state index contributed by atoms with van der Waals surface area (Å²) in [6.07, 6.45) is 2.37. The summed E-state index contributed by atoms with van der Waals surface area (Å²) in [5.74, 6) is -4.10. The van der Waals surface area contributed by atoms with E-state index in [9.17, 15) is 33.9 Å². The molecule has 294 valence electrons. The van der Waals surface area contributed by atoms with Crippen LogP contribution >= 0.6 is 0 Å². The second-order valence-corrected chi connectivity index (χ2v) is 13.8. The fourth-order valence-electron chi connectivity index (χ4n) is 6.18. The number of aliphatic carboxylic acids is 1. The van der Waals surface area contributed by atoms with E-state index in [1.54, 1.807) is 118 Å². The molecule has 0 aliphatic carbocycles. The maximum Gasteiger partial charge on any atom is 0.348 e. The van der Waals surface area contributed by atoms with Gasteiger partial charge in [0.05, 0.1) is 25.0 Å². The van der Waals surface area contributed by atoms with Gasteiger partial charge in [-0.1, -0.05) is 110 Å². The van der Waals surface area contributed by atoms with Gasteiger partial charge in [-0.25, -0.2) is 4.79 Å². The van der Waals surface area contributed by atoms with Crippen molar-refractivity contribution in [1.82, 2.24) is 0 Å². The first-order valence-corrected chi connectivity index (χ1v) is 19.1. The number of carbonyl (C=O) groups is 6. The highest BCUT2D eigenvalue weighted by Crippen LogP contribution is 2.26. The monoisotopic (exact) mass is 762 g/mol. The molecule has 0 heterocycles. The van der Waals surface area contributed by atoms with Crippen LogP contribution in [0.3, 0.4) is 0 Å².